The molecule has 0 aliphatic heterocycles. The monoisotopic (exact) mass is 439 g/mol. The van der Waals surface area contributed by atoms with Crippen LogP contribution in [0.25, 0.3) is 11.4 Å². The minimum absolute atomic E-state index is 0.139. The van der Waals surface area contributed by atoms with Gasteiger partial charge in [0.05, 0.1) is 12.9 Å². The summed E-state index contributed by atoms with van der Waals surface area (Å²) in [5.41, 5.74) is 1.57. The summed E-state index contributed by atoms with van der Waals surface area (Å²) in [5, 5.41) is 12.7. The molecular formula is C21H18ClN5O2S. The maximum Gasteiger partial charge on any atom is 0.234 e. The number of methoxy groups -OCH3 is 1. The van der Waals surface area contributed by atoms with Crippen molar-refractivity contribution in [1.82, 2.24) is 19.5 Å². The van der Waals surface area contributed by atoms with E-state index in [0.29, 0.717) is 21.7 Å². The molecule has 2 heterocycles. The third-order valence-corrected chi connectivity index (χ3v) is 5.41. The van der Waals surface area contributed by atoms with Crippen molar-refractivity contribution in [2.45, 2.75) is 5.16 Å². The number of amides is 1. The van der Waals surface area contributed by atoms with Crippen LogP contribution in [-0.4, -0.2) is 38.3 Å². The van der Waals surface area contributed by atoms with Gasteiger partial charge >= 0.3 is 0 Å². The Labute approximate surface area is 182 Å². The molecule has 0 fully saturated rings. The van der Waals surface area contributed by atoms with Gasteiger partial charge in [0.1, 0.15) is 5.75 Å². The third kappa shape index (κ3) is 4.50. The molecule has 0 aliphatic carbocycles. The van der Waals surface area contributed by atoms with E-state index in [1.165, 1.54) is 11.8 Å². The standard InChI is InChI=1S/C21H18ClN5O2S/c1-29-18-10-8-17(9-11-18)23-19(28)14-30-21-25-24-20(15-4-6-16(22)7-5-15)27(21)26-12-2-3-13-26/h2-13H,14H2,1H3,(H,23,28). The number of carbonyl (C=O) groups is 1. The zero-order valence-corrected chi connectivity index (χ0v) is 17.6. The van der Waals surface area contributed by atoms with Gasteiger partial charge in [-0.1, -0.05) is 23.4 Å². The molecule has 1 N–H and O–H groups in total. The van der Waals surface area contributed by atoms with Crippen molar-refractivity contribution in [3.05, 3.63) is 78.1 Å². The second-order valence-electron chi connectivity index (χ2n) is 6.25. The maximum atomic E-state index is 12.4. The van der Waals surface area contributed by atoms with E-state index in [-0.39, 0.29) is 11.7 Å². The van der Waals surface area contributed by atoms with Gasteiger partial charge in [0.2, 0.25) is 11.1 Å². The lowest BCUT2D eigenvalue weighted by Gasteiger charge is -2.11. The Balaban J connectivity index is 1.52. The molecule has 9 heteroatoms. The fourth-order valence-corrected chi connectivity index (χ4v) is 3.66. The molecular weight excluding hydrogens is 422 g/mol. The number of ether oxygens (including phenoxy) is 1. The Bertz CT molecular complexity index is 1130. The molecule has 0 spiro atoms. The Morgan fingerprint density at radius 1 is 1.07 bits per heavy atom. The first-order valence-electron chi connectivity index (χ1n) is 9.06. The lowest BCUT2D eigenvalue weighted by molar-refractivity contribution is -0.113. The molecule has 30 heavy (non-hydrogen) atoms. The number of nitrogens with one attached hydrogen (secondary N) is 1. The SMILES string of the molecule is COc1ccc(NC(=O)CSc2nnc(-c3ccc(Cl)cc3)n2-n2cccc2)cc1. The van der Waals surface area contributed by atoms with E-state index in [2.05, 4.69) is 15.5 Å². The van der Waals surface area contributed by atoms with Crippen molar-refractivity contribution in [3.8, 4) is 17.1 Å². The summed E-state index contributed by atoms with van der Waals surface area (Å²) in [6.45, 7) is 0. The Morgan fingerprint density at radius 3 is 2.43 bits per heavy atom. The molecule has 0 unspecified atom stereocenters. The highest BCUT2D eigenvalue weighted by Crippen LogP contribution is 2.26. The highest BCUT2D eigenvalue weighted by molar-refractivity contribution is 7.99. The summed E-state index contributed by atoms with van der Waals surface area (Å²) in [5.74, 6) is 1.43. The van der Waals surface area contributed by atoms with Crippen LogP contribution in [-0.2, 0) is 4.79 Å². The second kappa shape index (κ2) is 9.06. The fourth-order valence-electron chi connectivity index (χ4n) is 2.80. The van der Waals surface area contributed by atoms with Crippen LogP contribution in [0.5, 0.6) is 5.75 Å². The number of halogens is 1. The van der Waals surface area contributed by atoms with Gasteiger partial charge in [-0.05, 0) is 60.7 Å². The van der Waals surface area contributed by atoms with Gasteiger partial charge in [0.25, 0.3) is 0 Å². The van der Waals surface area contributed by atoms with E-state index >= 15 is 0 Å². The van der Waals surface area contributed by atoms with E-state index in [1.807, 2.05) is 46.0 Å². The van der Waals surface area contributed by atoms with E-state index in [9.17, 15) is 4.79 Å². The average molecular weight is 440 g/mol. The van der Waals surface area contributed by atoms with Crippen LogP contribution in [0.1, 0.15) is 0 Å². The Kier molecular flexibility index (Phi) is 6.06. The second-order valence-corrected chi connectivity index (χ2v) is 7.63. The summed E-state index contributed by atoms with van der Waals surface area (Å²) in [7, 11) is 1.60. The Morgan fingerprint density at radius 2 is 1.77 bits per heavy atom. The molecule has 0 bridgehead atoms. The van der Waals surface area contributed by atoms with Gasteiger partial charge < -0.3 is 10.1 Å². The van der Waals surface area contributed by atoms with Crippen LogP contribution in [0.2, 0.25) is 5.02 Å². The van der Waals surface area contributed by atoms with Crippen molar-refractivity contribution < 1.29 is 9.53 Å². The maximum absolute atomic E-state index is 12.4. The number of carbonyl (C=O) groups excluding carboxylic acids is 1. The first kappa shape index (κ1) is 20.1. The molecule has 152 valence electrons. The van der Waals surface area contributed by atoms with Crippen LogP contribution in [0, 0.1) is 0 Å². The fraction of sp³-hybridized carbons (Fsp3) is 0.0952. The van der Waals surface area contributed by atoms with Crippen molar-refractivity contribution in [2.24, 2.45) is 0 Å². The molecule has 4 rings (SSSR count). The molecule has 4 aromatic rings. The van der Waals surface area contributed by atoms with Crippen LogP contribution in [0.15, 0.2) is 78.2 Å². The molecule has 7 nitrogen and oxygen atoms in total. The minimum Gasteiger partial charge on any atom is -0.497 e. The number of hydrogen-bond acceptors (Lipinski definition) is 5. The van der Waals surface area contributed by atoms with Gasteiger partial charge in [-0.15, -0.1) is 10.2 Å². The molecule has 0 atom stereocenters. The van der Waals surface area contributed by atoms with Crippen LogP contribution in [0.3, 0.4) is 0 Å². The molecule has 0 radical (unpaired) electrons. The number of hydrogen-bond donors (Lipinski definition) is 1. The van der Waals surface area contributed by atoms with Gasteiger partial charge in [-0.2, -0.15) is 0 Å². The largest absolute Gasteiger partial charge is 0.497 e. The molecule has 1 amide bonds. The number of nitrogens with zero attached hydrogens (tertiary/aromatic N) is 4. The first-order chi connectivity index (χ1) is 14.6. The summed E-state index contributed by atoms with van der Waals surface area (Å²) in [4.78, 5) is 12.4. The lowest BCUT2D eigenvalue weighted by Crippen LogP contribution is -2.15. The van der Waals surface area contributed by atoms with Crippen molar-refractivity contribution in [1.29, 1.82) is 0 Å². The van der Waals surface area contributed by atoms with Gasteiger partial charge in [0.15, 0.2) is 5.82 Å². The van der Waals surface area contributed by atoms with E-state index in [0.717, 1.165) is 11.3 Å². The highest BCUT2D eigenvalue weighted by Gasteiger charge is 2.17. The molecule has 0 saturated heterocycles. The predicted octanol–water partition coefficient (Wildman–Crippen LogP) is 4.45. The highest BCUT2D eigenvalue weighted by atomic mass is 35.5. The Hall–Kier alpha value is -3.23. The van der Waals surface area contributed by atoms with Crippen molar-refractivity contribution in [2.75, 3.05) is 18.2 Å². The van der Waals surface area contributed by atoms with Gasteiger partial charge in [0, 0.05) is 28.7 Å². The normalized spacial score (nSPS) is 10.7. The average Bonchev–Trinajstić information content (AvgIpc) is 3.43. The molecule has 0 aliphatic rings. The first-order valence-corrected chi connectivity index (χ1v) is 10.4. The number of thioether (sulfide) groups is 1. The lowest BCUT2D eigenvalue weighted by atomic mass is 10.2. The van der Waals surface area contributed by atoms with Crippen LogP contribution < -0.4 is 10.1 Å². The molecule has 2 aromatic heterocycles. The van der Waals surface area contributed by atoms with Gasteiger partial charge in [-0.3, -0.25) is 9.47 Å². The zero-order valence-electron chi connectivity index (χ0n) is 16.0. The smallest absolute Gasteiger partial charge is 0.234 e. The van der Waals surface area contributed by atoms with Crippen LogP contribution >= 0.6 is 23.4 Å². The zero-order chi connectivity index (χ0) is 20.9. The summed E-state index contributed by atoms with van der Waals surface area (Å²) in [6, 6.07) is 18.4. The van der Waals surface area contributed by atoms with Gasteiger partial charge in [-0.25, -0.2) is 4.68 Å². The number of rotatable bonds is 7. The third-order valence-electron chi connectivity index (χ3n) is 4.24. The number of benzene rings is 2. The minimum atomic E-state index is -0.139. The molecule has 2 aromatic carbocycles. The van der Waals surface area contributed by atoms with E-state index < -0.39 is 0 Å². The summed E-state index contributed by atoms with van der Waals surface area (Å²) < 4.78 is 8.85. The van der Waals surface area contributed by atoms with Crippen molar-refractivity contribution in [3.63, 3.8) is 0 Å². The predicted molar refractivity (Wildman–Crippen MR) is 118 cm³/mol. The quantitative estimate of drug-likeness (QED) is 0.430. The van der Waals surface area contributed by atoms with Crippen molar-refractivity contribution >= 4 is 35.0 Å². The topological polar surface area (TPSA) is 74.0 Å². The van der Waals surface area contributed by atoms with E-state index in [4.69, 9.17) is 16.3 Å². The molecule has 0 saturated carbocycles. The summed E-state index contributed by atoms with van der Waals surface area (Å²) in [6.07, 6.45) is 3.79. The number of anilines is 1. The summed E-state index contributed by atoms with van der Waals surface area (Å²) >= 11 is 7.31. The number of aromatic nitrogens is 4. The van der Waals surface area contributed by atoms with E-state index in [1.54, 1.807) is 43.5 Å². The van der Waals surface area contributed by atoms with Crippen LogP contribution in [0.4, 0.5) is 5.69 Å².